The molecule has 0 heterocycles. The largest absolute Gasteiger partial charge is 0.266 e. The van der Waals surface area contributed by atoms with Crippen molar-refractivity contribution in [3.63, 3.8) is 0 Å². The summed E-state index contributed by atoms with van der Waals surface area (Å²) in [5.41, 5.74) is 2.40. The van der Waals surface area contributed by atoms with Crippen LogP contribution in [0.3, 0.4) is 0 Å². The van der Waals surface area contributed by atoms with E-state index < -0.39 is 0 Å². The SMILES string of the molecule is CC=NC(C)=C(C)C. The van der Waals surface area contributed by atoms with E-state index in [4.69, 9.17) is 0 Å². The van der Waals surface area contributed by atoms with Gasteiger partial charge in [0.05, 0.1) is 0 Å². The Bertz CT molecular complexity index is 116. The van der Waals surface area contributed by atoms with Crippen molar-refractivity contribution in [2.24, 2.45) is 4.99 Å². The monoisotopic (exact) mass is 111 g/mol. The van der Waals surface area contributed by atoms with Gasteiger partial charge in [-0.15, -0.1) is 0 Å². The molecule has 8 heavy (non-hydrogen) atoms. The lowest BCUT2D eigenvalue weighted by molar-refractivity contribution is 1.19. The Morgan fingerprint density at radius 3 is 1.88 bits per heavy atom. The predicted octanol–water partition coefficient (Wildman–Crippen LogP) is 2.39. The molecule has 0 N–H and O–H groups in total. The lowest BCUT2D eigenvalue weighted by atomic mass is 10.3. The average Bonchev–Trinajstić information content (AvgIpc) is 1.67. The van der Waals surface area contributed by atoms with Gasteiger partial charge in [0.15, 0.2) is 0 Å². The second-order valence-corrected chi connectivity index (χ2v) is 1.97. The zero-order valence-electron chi connectivity index (χ0n) is 6.02. The molecule has 1 heteroatoms. The van der Waals surface area contributed by atoms with Gasteiger partial charge < -0.3 is 0 Å². The van der Waals surface area contributed by atoms with Crippen LogP contribution in [-0.2, 0) is 0 Å². The summed E-state index contributed by atoms with van der Waals surface area (Å²) < 4.78 is 0. The molecule has 0 saturated carbocycles. The number of hydrogen-bond donors (Lipinski definition) is 0. The summed E-state index contributed by atoms with van der Waals surface area (Å²) in [6.45, 7) is 8.05. The Morgan fingerprint density at radius 2 is 1.75 bits per heavy atom. The number of allylic oxidation sites excluding steroid dienone is 2. The second kappa shape index (κ2) is 3.42. The fourth-order valence-corrected chi connectivity index (χ4v) is 0.323. The van der Waals surface area contributed by atoms with Crippen molar-refractivity contribution in [1.82, 2.24) is 0 Å². The van der Waals surface area contributed by atoms with Crippen LogP contribution in [0.15, 0.2) is 16.3 Å². The maximum absolute atomic E-state index is 4.08. The first kappa shape index (κ1) is 7.41. The molecule has 0 aliphatic heterocycles. The van der Waals surface area contributed by atoms with Gasteiger partial charge in [0.2, 0.25) is 0 Å². The lowest BCUT2D eigenvalue weighted by Crippen LogP contribution is -1.73. The highest BCUT2D eigenvalue weighted by Crippen LogP contribution is 2.00. The van der Waals surface area contributed by atoms with E-state index in [9.17, 15) is 0 Å². The fourth-order valence-electron chi connectivity index (χ4n) is 0.323. The standard InChI is InChI=1S/C7H13N/c1-5-8-7(4)6(2)3/h5H,1-4H3. The van der Waals surface area contributed by atoms with Gasteiger partial charge in [-0.2, -0.15) is 0 Å². The van der Waals surface area contributed by atoms with Gasteiger partial charge in [0, 0.05) is 11.9 Å². The van der Waals surface area contributed by atoms with Gasteiger partial charge in [-0.25, -0.2) is 0 Å². The van der Waals surface area contributed by atoms with E-state index in [-0.39, 0.29) is 0 Å². The molecule has 0 aliphatic carbocycles. The molecule has 46 valence electrons. The van der Waals surface area contributed by atoms with Crippen LogP contribution in [0.25, 0.3) is 0 Å². The van der Waals surface area contributed by atoms with Gasteiger partial charge in [-0.05, 0) is 27.7 Å². The molecule has 0 radical (unpaired) electrons. The molecule has 0 atom stereocenters. The highest BCUT2D eigenvalue weighted by molar-refractivity contribution is 5.55. The first-order valence-electron chi connectivity index (χ1n) is 2.81. The predicted molar refractivity (Wildman–Crippen MR) is 38.2 cm³/mol. The zero-order valence-corrected chi connectivity index (χ0v) is 6.02. The van der Waals surface area contributed by atoms with Crippen molar-refractivity contribution < 1.29 is 0 Å². The number of hydrogen-bond acceptors (Lipinski definition) is 1. The van der Waals surface area contributed by atoms with E-state index in [2.05, 4.69) is 18.8 Å². The van der Waals surface area contributed by atoms with Gasteiger partial charge in [-0.3, -0.25) is 4.99 Å². The molecule has 0 rings (SSSR count). The van der Waals surface area contributed by atoms with Crippen LogP contribution in [-0.4, -0.2) is 6.21 Å². The summed E-state index contributed by atoms with van der Waals surface area (Å²) in [5.74, 6) is 0. The fraction of sp³-hybridized carbons (Fsp3) is 0.571. The third-order valence-corrected chi connectivity index (χ3v) is 1.05. The van der Waals surface area contributed by atoms with Crippen molar-refractivity contribution >= 4 is 6.21 Å². The molecule has 0 saturated heterocycles. The minimum absolute atomic E-state index is 1.12. The zero-order chi connectivity index (χ0) is 6.57. The molecule has 0 aromatic rings. The van der Waals surface area contributed by atoms with Crippen molar-refractivity contribution in [2.75, 3.05) is 0 Å². The molecular weight excluding hydrogens is 98.1 g/mol. The van der Waals surface area contributed by atoms with Gasteiger partial charge in [0.1, 0.15) is 0 Å². The normalized spacial score (nSPS) is 10.0. The third-order valence-electron chi connectivity index (χ3n) is 1.05. The molecule has 1 nitrogen and oxygen atoms in total. The van der Waals surface area contributed by atoms with Gasteiger partial charge in [0.25, 0.3) is 0 Å². The molecule has 0 aliphatic rings. The summed E-state index contributed by atoms with van der Waals surface area (Å²) in [4.78, 5) is 4.08. The highest BCUT2D eigenvalue weighted by atomic mass is 14.7. The summed E-state index contributed by atoms with van der Waals surface area (Å²) in [6.07, 6.45) is 1.81. The molecule has 0 aromatic carbocycles. The number of rotatable bonds is 1. The Labute approximate surface area is 51.1 Å². The number of nitrogens with zero attached hydrogens (tertiary/aromatic N) is 1. The van der Waals surface area contributed by atoms with Gasteiger partial charge >= 0.3 is 0 Å². The molecular formula is C7H13N. The molecule has 0 spiro atoms. The van der Waals surface area contributed by atoms with Crippen LogP contribution in [0.5, 0.6) is 0 Å². The second-order valence-electron chi connectivity index (χ2n) is 1.97. The van der Waals surface area contributed by atoms with Crippen molar-refractivity contribution in [1.29, 1.82) is 0 Å². The quantitative estimate of drug-likeness (QED) is 0.461. The highest BCUT2D eigenvalue weighted by Gasteiger charge is 1.81. The van der Waals surface area contributed by atoms with Crippen LogP contribution in [0.2, 0.25) is 0 Å². The molecule has 0 aromatic heterocycles. The summed E-state index contributed by atoms with van der Waals surface area (Å²) in [6, 6.07) is 0. The lowest BCUT2D eigenvalue weighted by Gasteiger charge is -1.91. The van der Waals surface area contributed by atoms with E-state index in [1.165, 1.54) is 5.57 Å². The van der Waals surface area contributed by atoms with Gasteiger partial charge in [-0.1, -0.05) is 5.57 Å². The molecule has 0 amide bonds. The Hall–Kier alpha value is -0.590. The molecule has 0 bridgehead atoms. The summed E-state index contributed by atoms with van der Waals surface area (Å²) in [7, 11) is 0. The number of aliphatic imine (C=N–C) groups is 1. The minimum Gasteiger partial charge on any atom is -0.266 e. The van der Waals surface area contributed by atoms with Crippen LogP contribution in [0.1, 0.15) is 27.7 Å². The Kier molecular flexibility index (Phi) is 3.16. The average molecular weight is 111 g/mol. The maximum atomic E-state index is 4.08. The first-order valence-corrected chi connectivity index (χ1v) is 2.81. The Morgan fingerprint density at radius 1 is 1.25 bits per heavy atom. The minimum atomic E-state index is 1.12. The summed E-state index contributed by atoms with van der Waals surface area (Å²) in [5, 5.41) is 0. The smallest absolute Gasteiger partial charge is 0.0355 e. The maximum Gasteiger partial charge on any atom is 0.0355 e. The first-order chi connectivity index (χ1) is 3.68. The van der Waals surface area contributed by atoms with Crippen molar-refractivity contribution in [3.8, 4) is 0 Å². The van der Waals surface area contributed by atoms with Crippen LogP contribution in [0, 0.1) is 0 Å². The van der Waals surface area contributed by atoms with Crippen molar-refractivity contribution in [2.45, 2.75) is 27.7 Å². The van der Waals surface area contributed by atoms with Crippen molar-refractivity contribution in [3.05, 3.63) is 11.3 Å². The van der Waals surface area contributed by atoms with E-state index in [1.54, 1.807) is 0 Å². The van der Waals surface area contributed by atoms with E-state index >= 15 is 0 Å². The molecule has 0 fully saturated rings. The Balaban J connectivity index is 4.00. The van der Waals surface area contributed by atoms with E-state index in [1.807, 2.05) is 20.1 Å². The summed E-state index contributed by atoms with van der Waals surface area (Å²) >= 11 is 0. The topological polar surface area (TPSA) is 12.4 Å². The van der Waals surface area contributed by atoms with E-state index in [0.29, 0.717) is 0 Å². The third kappa shape index (κ3) is 2.56. The molecule has 0 unspecified atom stereocenters. The van der Waals surface area contributed by atoms with E-state index in [0.717, 1.165) is 5.70 Å². The van der Waals surface area contributed by atoms with Crippen LogP contribution in [0.4, 0.5) is 0 Å². The van der Waals surface area contributed by atoms with Crippen LogP contribution >= 0.6 is 0 Å². The van der Waals surface area contributed by atoms with Crippen LogP contribution < -0.4 is 0 Å².